The molecule has 0 aromatic heterocycles. The number of hydrogen-bond acceptors (Lipinski definition) is 2. The molecule has 0 saturated heterocycles. The Hall–Kier alpha value is -1.07. The SMILES string of the molecule is CCc1c(C(=O)C(C)CC)ccc(Cl)c1CC(N=C1C(C)=CC(P)=PC1CC)=C(C)C. The van der Waals surface area contributed by atoms with E-state index in [0.717, 1.165) is 46.7 Å². The van der Waals surface area contributed by atoms with Crippen LogP contribution in [0.2, 0.25) is 5.02 Å². The summed E-state index contributed by atoms with van der Waals surface area (Å²) in [6.45, 7) is 14.8. The van der Waals surface area contributed by atoms with E-state index in [1.54, 1.807) is 0 Å². The van der Waals surface area contributed by atoms with Crippen molar-refractivity contribution in [1.82, 2.24) is 0 Å². The average Bonchev–Trinajstić information content (AvgIpc) is 2.73. The first-order chi connectivity index (χ1) is 14.6. The number of carbonyl (C=O) groups is 1. The molecule has 1 heterocycles. The third kappa shape index (κ3) is 6.25. The van der Waals surface area contributed by atoms with Gasteiger partial charge in [0.25, 0.3) is 0 Å². The van der Waals surface area contributed by atoms with Crippen LogP contribution in [0.4, 0.5) is 0 Å². The number of carbonyl (C=O) groups excluding carboxylic acids is 1. The van der Waals surface area contributed by atoms with E-state index in [1.165, 1.54) is 30.1 Å². The lowest BCUT2D eigenvalue weighted by molar-refractivity contribution is 0.0926. The van der Waals surface area contributed by atoms with E-state index in [1.807, 2.05) is 19.1 Å². The van der Waals surface area contributed by atoms with Gasteiger partial charge in [-0.05, 0) is 80.0 Å². The van der Waals surface area contributed by atoms with Crippen LogP contribution in [-0.4, -0.2) is 22.2 Å². The topological polar surface area (TPSA) is 29.4 Å². The molecule has 1 aliphatic rings. The van der Waals surface area contributed by atoms with Crippen molar-refractivity contribution in [3.8, 4) is 0 Å². The fourth-order valence-corrected chi connectivity index (χ4v) is 6.09. The number of allylic oxidation sites excluding steroid dienone is 4. The van der Waals surface area contributed by atoms with Gasteiger partial charge in [-0.3, -0.25) is 9.79 Å². The highest BCUT2D eigenvalue weighted by atomic mass is 35.5. The monoisotopic (exact) mass is 475 g/mol. The van der Waals surface area contributed by atoms with Gasteiger partial charge in [0.2, 0.25) is 0 Å². The predicted molar refractivity (Wildman–Crippen MR) is 144 cm³/mol. The molecule has 3 atom stereocenters. The second kappa shape index (κ2) is 11.7. The Kier molecular flexibility index (Phi) is 9.88. The molecule has 0 saturated carbocycles. The van der Waals surface area contributed by atoms with Crippen LogP contribution in [0.1, 0.15) is 82.8 Å². The summed E-state index contributed by atoms with van der Waals surface area (Å²) in [7, 11) is 4.16. The Labute approximate surface area is 197 Å². The Morgan fingerprint density at radius 2 is 1.90 bits per heavy atom. The minimum atomic E-state index is 0.0131. The molecule has 0 spiro atoms. The molecule has 0 N–H and O–H groups in total. The molecule has 3 unspecified atom stereocenters. The summed E-state index contributed by atoms with van der Waals surface area (Å²) in [4.78, 5) is 18.2. The van der Waals surface area contributed by atoms with Gasteiger partial charge in [0.1, 0.15) is 0 Å². The summed E-state index contributed by atoms with van der Waals surface area (Å²) >= 11 is 6.69. The minimum Gasteiger partial charge on any atom is -0.294 e. The maximum atomic E-state index is 13.0. The molecule has 168 valence electrons. The number of aliphatic imine (C=N–C) groups is 1. The lowest BCUT2D eigenvalue weighted by Gasteiger charge is -2.22. The van der Waals surface area contributed by atoms with E-state index in [2.05, 4.69) is 56.9 Å². The smallest absolute Gasteiger partial charge is 0.165 e. The van der Waals surface area contributed by atoms with Crippen LogP contribution in [-0.2, 0) is 12.8 Å². The summed E-state index contributed by atoms with van der Waals surface area (Å²) < 4.78 is 0. The van der Waals surface area contributed by atoms with E-state index < -0.39 is 0 Å². The molecule has 0 radical (unpaired) electrons. The van der Waals surface area contributed by atoms with Crippen LogP contribution >= 0.6 is 29.0 Å². The molecule has 5 heteroatoms. The van der Waals surface area contributed by atoms with Gasteiger partial charge in [-0.15, -0.1) is 9.24 Å². The van der Waals surface area contributed by atoms with Crippen molar-refractivity contribution in [3.63, 3.8) is 0 Å². The first-order valence-electron chi connectivity index (χ1n) is 11.3. The molecule has 0 aliphatic carbocycles. The molecule has 1 aromatic carbocycles. The number of Topliss-reactive ketones (excluding diaryl/α,β-unsaturated/α-hetero) is 1. The molecule has 0 amide bonds. The Bertz CT molecular complexity index is 968. The second-order valence-electron chi connectivity index (χ2n) is 8.51. The molecule has 2 nitrogen and oxygen atoms in total. The quantitative estimate of drug-likeness (QED) is 0.276. The van der Waals surface area contributed by atoms with Gasteiger partial charge in [0.15, 0.2) is 5.78 Å². The lowest BCUT2D eigenvalue weighted by Crippen LogP contribution is -2.20. The molecular formula is C26H36ClNOP2. The molecule has 2 rings (SSSR count). The fraction of sp³-hybridized carbons (Fsp3) is 0.500. The van der Waals surface area contributed by atoms with Crippen molar-refractivity contribution in [2.24, 2.45) is 10.9 Å². The molecule has 1 aliphatic heterocycles. The van der Waals surface area contributed by atoms with Crippen LogP contribution in [0.3, 0.4) is 0 Å². The zero-order valence-corrected chi connectivity index (χ0v) is 22.8. The highest BCUT2D eigenvalue weighted by Gasteiger charge is 2.23. The summed E-state index contributed by atoms with van der Waals surface area (Å²) in [5.74, 6) is 0.223. The summed E-state index contributed by atoms with van der Waals surface area (Å²) in [5, 5.41) is 2.03. The van der Waals surface area contributed by atoms with Crippen LogP contribution < -0.4 is 0 Å². The summed E-state index contributed by atoms with van der Waals surface area (Å²) in [6.07, 6.45) is 5.54. The van der Waals surface area contributed by atoms with Crippen molar-refractivity contribution >= 4 is 45.6 Å². The normalized spacial score (nSPS) is 19.0. The van der Waals surface area contributed by atoms with Crippen LogP contribution in [0.5, 0.6) is 0 Å². The van der Waals surface area contributed by atoms with Crippen molar-refractivity contribution in [2.75, 3.05) is 0 Å². The zero-order chi connectivity index (χ0) is 23.3. The largest absolute Gasteiger partial charge is 0.294 e. The lowest BCUT2D eigenvalue weighted by atomic mass is 9.88. The number of halogens is 1. The summed E-state index contributed by atoms with van der Waals surface area (Å²) in [5.41, 5.74) is 7.98. The van der Waals surface area contributed by atoms with Gasteiger partial charge in [-0.25, -0.2) is 0 Å². The van der Waals surface area contributed by atoms with Gasteiger partial charge >= 0.3 is 0 Å². The average molecular weight is 476 g/mol. The second-order valence-corrected chi connectivity index (χ2v) is 11.4. The number of benzene rings is 1. The highest BCUT2D eigenvalue weighted by Crippen LogP contribution is 2.32. The van der Waals surface area contributed by atoms with Crippen LogP contribution in [0.25, 0.3) is 0 Å². The standard InChI is InChI=1S/C26H36ClNOP2/c1-8-16(6)26(29)19-11-12-21(27)20(18(19)9-2)14-22(15(4)5)28-25-17(7)13-24(30)31-23(25)10-3/h11-13,16,23H,8-10,14,30H2,1-7H3. The van der Waals surface area contributed by atoms with E-state index in [4.69, 9.17) is 16.6 Å². The van der Waals surface area contributed by atoms with Crippen LogP contribution in [0, 0.1) is 5.92 Å². The first kappa shape index (κ1) is 26.2. The zero-order valence-electron chi connectivity index (χ0n) is 20.0. The van der Waals surface area contributed by atoms with Crippen molar-refractivity contribution in [2.45, 2.75) is 79.8 Å². The highest BCUT2D eigenvalue weighted by molar-refractivity contribution is 7.65. The van der Waals surface area contributed by atoms with Gasteiger partial charge in [-0.1, -0.05) is 53.1 Å². The number of hydrogen-bond donors (Lipinski definition) is 0. The van der Waals surface area contributed by atoms with E-state index in [9.17, 15) is 4.79 Å². The van der Waals surface area contributed by atoms with Gasteiger partial charge in [0.05, 0.1) is 5.71 Å². The van der Waals surface area contributed by atoms with Gasteiger partial charge < -0.3 is 0 Å². The summed E-state index contributed by atoms with van der Waals surface area (Å²) in [6, 6.07) is 3.79. The third-order valence-electron chi connectivity index (χ3n) is 6.01. The maximum Gasteiger partial charge on any atom is 0.165 e. The van der Waals surface area contributed by atoms with Gasteiger partial charge in [-0.2, -0.15) is 0 Å². The maximum absolute atomic E-state index is 13.0. The third-order valence-corrected chi connectivity index (χ3v) is 8.32. The molecule has 0 fully saturated rings. The molecule has 31 heavy (non-hydrogen) atoms. The van der Waals surface area contributed by atoms with E-state index >= 15 is 0 Å². The van der Waals surface area contributed by atoms with Gasteiger partial charge in [0, 0.05) is 34.3 Å². The van der Waals surface area contributed by atoms with E-state index in [-0.39, 0.29) is 11.7 Å². The predicted octanol–water partition coefficient (Wildman–Crippen LogP) is 8.10. The first-order valence-corrected chi connectivity index (χ1v) is 13.2. The van der Waals surface area contributed by atoms with Crippen LogP contribution in [0.15, 0.2) is 40.0 Å². The Morgan fingerprint density at radius 3 is 2.45 bits per heavy atom. The number of rotatable bonds is 8. The van der Waals surface area contributed by atoms with Crippen molar-refractivity contribution < 1.29 is 4.79 Å². The molecular weight excluding hydrogens is 440 g/mol. The van der Waals surface area contributed by atoms with Crippen molar-refractivity contribution in [3.05, 3.63) is 56.8 Å². The van der Waals surface area contributed by atoms with Crippen molar-refractivity contribution in [1.29, 1.82) is 0 Å². The Morgan fingerprint density at radius 1 is 1.23 bits per heavy atom. The minimum absolute atomic E-state index is 0.0131. The fourth-order valence-electron chi connectivity index (χ4n) is 3.87. The number of ketones is 1. The van der Waals surface area contributed by atoms with E-state index in [0.29, 0.717) is 12.1 Å². The Balaban J connectivity index is 2.55. The molecule has 0 bridgehead atoms. The number of nitrogens with zero attached hydrogens (tertiary/aromatic N) is 1. The molecule has 1 aromatic rings.